The SMILES string of the molecule is CCOC1CCCCC1OCCN(C(=O)O[C@@H]1C[C@H](C)CC[C@H]1C(C)C)[C@H](C)CC1CCC(OC)C(N)C1. The Hall–Kier alpha value is -0.890. The Balaban J connectivity index is 1.64. The lowest BCUT2D eigenvalue weighted by Crippen LogP contribution is -2.47. The van der Waals surface area contributed by atoms with Crippen LogP contribution in [0.15, 0.2) is 0 Å². The van der Waals surface area contributed by atoms with Gasteiger partial charge in [0.25, 0.3) is 0 Å². The number of rotatable bonds is 12. The number of ether oxygens (including phenoxy) is 4. The molecular weight excluding hydrogens is 480 g/mol. The fourth-order valence-electron chi connectivity index (χ4n) is 7.28. The van der Waals surface area contributed by atoms with E-state index in [1.165, 1.54) is 19.3 Å². The van der Waals surface area contributed by atoms with Gasteiger partial charge in [-0.15, -0.1) is 0 Å². The van der Waals surface area contributed by atoms with Crippen LogP contribution in [0.1, 0.15) is 105 Å². The lowest BCUT2D eigenvalue weighted by atomic mass is 9.75. The minimum Gasteiger partial charge on any atom is -0.446 e. The van der Waals surface area contributed by atoms with E-state index < -0.39 is 0 Å². The van der Waals surface area contributed by atoms with Crippen LogP contribution in [0.25, 0.3) is 0 Å². The van der Waals surface area contributed by atoms with E-state index in [9.17, 15) is 4.79 Å². The number of hydrogen-bond acceptors (Lipinski definition) is 6. The molecule has 0 aromatic heterocycles. The van der Waals surface area contributed by atoms with Crippen LogP contribution in [0.4, 0.5) is 4.79 Å². The van der Waals surface area contributed by atoms with E-state index in [0.717, 1.165) is 51.4 Å². The summed E-state index contributed by atoms with van der Waals surface area (Å²) >= 11 is 0. The third-order valence-electron chi connectivity index (χ3n) is 9.59. The Morgan fingerprint density at radius 2 is 1.63 bits per heavy atom. The zero-order chi connectivity index (χ0) is 27.7. The Morgan fingerprint density at radius 1 is 0.921 bits per heavy atom. The molecule has 7 nitrogen and oxygen atoms in total. The van der Waals surface area contributed by atoms with Gasteiger partial charge in [-0.3, -0.25) is 0 Å². The van der Waals surface area contributed by atoms with Crippen molar-refractivity contribution in [2.24, 2.45) is 29.4 Å². The van der Waals surface area contributed by atoms with Gasteiger partial charge in [-0.1, -0.05) is 40.0 Å². The molecule has 3 aliphatic carbocycles. The van der Waals surface area contributed by atoms with Gasteiger partial charge in [-0.05, 0) is 88.9 Å². The van der Waals surface area contributed by atoms with Crippen molar-refractivity contribution in [2.45, 2.75) is 142 Å². The fourth-order valence-corrected chi connectivity index (χ4v) is 7.28. The molecule has 2 N–H and O–H groups in total. The van der Waals surface area contributed by atoms with E-state index in [-0.39, 0.29) is 42.6 Å². The minimum atomic E-state index is -0.175. The normalized spacial score (nSPS) is 35.2. The Bertz CT molecular complexity index is 689. The van der Waals surface area contributed by atoms with Gasteiger partial charge in [0.05, 0.1) is 24.9 Å². The first-order valence-corrected chi connectivity index (χ1v) is 15.7. The second-order valence-electron chi connectivity index (χ2n) is 12.8. The van der Waals surface area contributed by atoms with Crippen LogP contribution < -0.4 is 5.73 Å². The van der Waals surface area contributed by atoms with E-state index in [1.54, 1.807) is 7.11 Å². The summed E-state index contributed by atoms with van der Waals surface area (Å²) in [6.45, 7) is 12.8. The highest BCUT2D eigenvalue weighted by molar-refractivity contribution is 5.68. The monoisotopic (exact) mass is 538 g/mol. The van der Waals surface area contributed by atoms with Crippen molar-refractivity contribution in [1.29, 1.82) is 0 Å². The standard InChI is InChI=1S/C31H58N2O5/c1-7-36-28-10-8-9-11-29(28)37-17-16-33(23(5)19-24-13-15-27(35-6)26(32)20-24)31(34)38-30-18-22(4)12-14-25(30)21(2)3/h21-30H,7-20,32H2,1-6H3/t22-,23-,24?,25+,26?,27?,28?,29?,30-/m1/s1. The van der Waals surface area contributed by atoms with Crippen LogP contribution in [0, 0.1) is 23.7 Å². The number of carbonyl (C=O) groups excluding carboxylic acids is 1. The highest BCUT2D eigenvalue weighted by Gasteiger charge is 2.36. The van der Waals surface area contributed by atoms with E-state index >= 15 is 0 Å². The molecule has 0 spiro atoms. The minimum absolute atomic E-state index is 0.00638. The van der Waals surface area contributed by atoms with Crippen molar-refractivity contribution in [1.82, 2.24) is 4.90 Å². The van der Waals surface area contributed by atoms with Crippen LogP contribution in [0.5, 0.6) is 0 Å². The van der Waals surface area contributed by atoms with Gasteiger partial charge in [0.15, 0.2) is 0 Å². The lowest BCUT2D eigenvalue weighted by molar-refractivity contribution is -0.0937. The van der Waals surface area contributed by atoms with Crippen molar-refractivity contribution in [3.63, 3.8) is 0 Å². The van der Waals surface area contributed by atoms with Crippen LogP contribution in [-0.4, -0.2) is 74.4 Å². The number of amides is 1. The van der Waals surface area contributed by atoms with Gasteiger partial charge in [0, 0.05) is 32.3 Å². The molecular formula is C31H58N2O5. The van der Waals surface area contributed by atoms with Gasteiger partial charge in [-0.25, -0.2) is 4.79 Å². The summed E-state index contributed by atoms with van der Waals surface area (Å²) in [4.78, 5) is 15.7. The van der Waals surface area contributed by atoms with E-state index in [2.05, 4.69) is 27.7 Å². The van der Waals surface area contributed by atoms with Crippen LogP contribution in [-0.2, 0) is 18.9 Å². The molecule has 0 aromatic carbocycles. The molecule has 222 valence electrons. The summed E-state index contributed by atoms with van der Waals surface area (Å²) in [6, 6.07) is 0.127. The van der Waals surface area contributed by atoms with E-state index in [1.807, 2.05) is 11.8 Å². The summed E-state index contributed by atoms with van der Waals surface area (Å²) in [6.07, 6.45) is 12.0. The van der Waals surface area contributed by atoms with Crippen LogP contribution in [0.2, 0.25) is 0 Å². The first kappa shape index (κ1) is 31.6. The average molecular weight is 539 g/mol. The number of hydrogen-bond donors (Lipinski definition) is 1. The number of carbonyl (C=O) groups is 1. The zero-order valence-corrected chi connectivity index (χ0v) is 25.2. The molecule has 38 heavy (non-hydrogen) atoms. The molecule has 0 saturated heterocycles. The Kier molecular flexibility index (Phi) is 13.1. The highest BCUT2D eigenvalue weighted by Crippen LogP contribution is 2.36. The molecule has 7 heteroatoms. The largest absolute Gasteiger partial charge is 0.446 e. The molecule has 0 radical (unpaired) electrons. The average Bonchev–Trinajstić information content (AvgIpc) is 2.87. The highest BCUT2D eigenvalue weighted by atomic mass is 16.6. The van der Waals surface area contributed by atoms with Gasteiger partial charge in [0.2, 0.25) is 0 Å². The van der Waals surface area contributed by atoms with E-state index in [0.29, 0.717) is 43.4 Å². The molecule has 0 bridgehead atoms. The molecule has 0 heterocycles. The third kappa shape index (κ3) is 9.07. The molecule has 1 amide bonds. The van der Waals surface area contributed by atoms with Crippen molar-refractivity contribution in [2.75, 3.05) is 26.9 Å². The fraction of sp³-hybridized carbons (Fsp3) is 0.968. The smallest absolute Gasteiger partial charge is 0.410 e. The van der Waals surface area contributed by atoms with Gasteiger partial charge >= 0.3 is 6.09 Å². The summed E-state index contributed by atoms with van der Waals surface area (Å²) in [5, 5.41) is 0. The molecule has 3 saturated carbocycles. The zero-order valence-electron chi connectivity index (χ0n) is 25.2. The van der Waals surface area contributed by atoms with Crippen molar-refractivity contribution >= 4 is 6.09 Å². The summed E-state index contributed by atoms with van der Waals surface area (Å²) < 4.78 is 24.2. The maximum Gasteiger partial charge on any atom is 0.410 e. The topological polar surface area (TPSA) is 83.2 Å². The Labute approximate surface area is 232 Å². The molecule has 5 unspecified atom stereocenters. The van der Waals surface area contributed by atoms with Crippen molar-refractivity contribution in [3.05, 3.63) is 0 Å². The summed E-state index contributed by atoms with van der Waals surface area (Å²) in [5.74, 6) is 2.02. The second kappa shape index (κ2) is 15.8. The van der Waals surface area contributed by atoms with Gasteiger partial charge in [-0.2, -0.15) is 0 Å². The number of methoxy groups -OCH3 is 1. The van der Waals surface area contributed by atoms with Gasteiger partial charge in [0.1, 0.15) is 6.10 Å². The predicted molar refractivity (Wildman–Crippen MR) is 152 cm³/mol. The van der Waals surface area contributed by atoms with E-state index in [4.69, 9.17) is 24.7 Å². The second-order valence-corrected chi connectivity index (χ2v) is 12.8. The van der Waals surface area contributed by atoms with Gasteiger partial charge < -0.3 is 29.6 Å². The molecule has 0 aromatic rings. The number of nitrogens with two attached hydrogens (primary N) is 1. The quantitative estimate of drug-likeness (QED) is 0.320. The van der Waals surface area contributed by atoms with Crippen LogP contribution >= 0.6 is 0 Å². The molecule has 3 fully saturated rings. The maximum absolute atomic E-state index is 13.8. The summed E-state index contributed by atoms with van der Waals surface area (Å²) in [5.41, 5.74) is 6.41. The molecule has 9 atom stereocenters. The lowest BCUT2D eigenvalue weighted by Gasteiger charge is -2.40. The number of nitrogens with zero attached hydrogens (tertiary/aromatic N) is 1. The Morgan fingerprint density at radius 3 is 2.26 bits per heavy atom. The van der Waals surface area contributed by atoms with Crippen molar-refractivity contribution < 1.29 is 23.7 Å². The van der Waals surface area contributed by atoms with Crippen molar-refractivity contribution in [3.8, 4) is 0 Å². The third-order valence-corrected chi connectivity index (χ3v) is 9.59. The molecule has 0 aliphatic heterocycles. The van der Waals surface area contributed by atoms with Crippen LogP contribution in [0.3, 0.4) is 0 Å². The molecule has 3 aliphatic rings. The summed E-state index contributed by atoms with van der Waals surface area (Å²) in [7, 11) is 1.75. The predicted octanol–water partition coefficient (Wildman–Crippen LogP) is 6.17. The molecule has 3 rings (SSSR count). The maximum atomic E-state index is 13.8. The first-order chi connectivity index (χ1) is 18.2. The first-order valence-electron chi connectivity index (χ1n) is 15.7.